The number of furan rings is 1. The molecular weight excluding hydrogens is 404 g/mol. The van der Waals surface area contributed by atoms with Gasteiger partial charge in [0.1, 0.15) is 11.3 Å². The summed E-state index contributed by atoms with van der Waals surface area (Å²) in [6, 6.07) is 15.2. The number of hydrogen-bond donors (Lipinski definition) is 0. The van der Waals surface area contributed by atoms with Crippen molar-refractivity contribution in [3.63, 3.8) is 0 Å². The lowest BCUT2D eigenvalue weighted by molar-refractivity contribution is -0.133. The van der Waals surface area contributed by atoms with E-state index in [9.17, 15) is 9.59 Å². The number of carbonyl (C=O) groups excluding carboxylic acids is 2. The number of methoxy groups -OCH3 is 1. The Balaban J connectivity index is 1.41. The molecular formula is C26H30N2O4. The summed E-state index contributed by atoms with van der Waals surface area (Å²) in [6.45, 7) is 4.15. The Bertz CT molecular complexity index is 1070. The first-order valence-electron chi connectivity index (χ1n) is 11.3. The predicted molar refractivity (Wildman–Crippen MR) is 124 cm³/mol. The molecule has 32 heavy (non-hydrogen) atoms. The molecule has 2 aromatic carbocycles. The number of benzene rings is 2. The molecule has 0 radical (unpaired) electrons. The molecule has 2 heterocycles. The van der Waals surface area contributed by atoms with Gasteiger partial charge in [-0.05, 0) is 43.5 Å². The van der Waals surface area contributed by atoms with E-state index in [1.165, 1.54) is 0 Å². The molecule has 0 saturated carbocycles. The average Bonchev–Trinajstić information content (AvgIpc) is 3.24. The van der Waals surface area contributed by atoms with Gasteiger partial charge in [0.15, 0.2) is 0 Å². The highest BCUT2D eigenvalue weighted by atomic mass is 16.5. The minimum Gasteiger partial charge on any atom is -0.497 e. The van der Waals surface area contributed by atoms with E-state index >= 15 is 0 Å². The van der Waals surface area contributed by atoms with Crippen LogP contribution in [-0.4, -0.2) is 54.4 Å². The number of hydrogen-bond acceptors (Lipinski definition) is 4. The topological polar surface area (TPSA) is 63.0 Å². The van der Waals surface area contributed by atoms with Crippen molar-refractivity contribution in [2.75, 3.05) is 26.7 Å². The average molecular weight is 435 g/mol. The van der Waals surface area contributed by atoms with E-state index in [0.29, 0.717) is 19.5 Å². The van der Waals surface area contributed by atoms with E-state index in [2.05, 4.69) is 6.92 Å². The molecule has 1 fully saturated rings. The van der Waals surface area contributed by atoms with Gasteiger partial charge in [-0.3, -0.25) is 9.59 Å². The second-order valence-corrected chi connectivity index (χ2v) is 8.28. The quantitative estimate of drug-likeness (QED) is 0.548. The molecule has 0 spiro atoms. The van der Waals surface area contributed by atoms with Gasteiger partial charge in [0.05, 0.1) is 19.8 Å². The Morgan fingerprint density at radius 2 is 1.88 bits per heavy atom. The zero-order valence-corrected chi connectivity index (χ0v) is 18.8. The maximum Gasteiger partial charge on any atom is 0.253 e. The summed E-state index contributed by atoms with van der Waals surface area (Å²) in [4.78, 5) is 29.9. The van der Waals surface area contributed by atoms with E-state index in [1.807, 2.05) is 58.3 Å². The zero-order valence-electron chi connectivity index (χ0n) is 18.8. The number of amides is 2. The minimum atomic E-state index is 0.0673. The Labute approximate surface area is 188 Å². The third kappa shape index (κ3) is 4.64. The molecule has 1 aromatic heterocycles. The lowest BCUT2D eigenvalue weighted by atomic mass is 10.0. The Morgan fingerprint density at radius 3 is 2.56 bits per heavy atom. The summed E-state index contributed by atoms with van der Waals surface area (Å²) < 4.78 is 10.9. The summed E-state index contributed by atoms with van der Waals surface area (Å²) in [5, 5.41) is 0.943. The van der Waals surface area contributed by atoms with Gasteiger partial charge in [-0.25, -0.2) is 0 Å². The predicted octanol–water partition coefficient (Wildman–Crippen LogP) is 4.53. The van der Waals surface area contributed by atoms with Crippen LogP contribution in [0.3, 0.4) is 0 Å². The summed E-state index contributed by atoms with van der Waals surface area (Å²) in [7, 11) is 1.62. The SMILES string of the molecule is CCCN(C(=O)Cc1coc2cc(OC)ccc12)C1CCN(C(=O)c2ccccc2)CC1. The van der Waals surface area contributed by atoms with Gasteiger partial charge in [-0.15, -0.1) is 0 Å². The largest absolute Gasteiger partial charge is 0.497 e. The van der Waals surface area contributed by atoms with Crippen molar-refractivity contribution < 1.29 is 18.7 Å². The minimum absolute atomic E-state index is 0.0673. The molecule has 6 heteroatoms. The number of nitrogens with zero attached hydrogens (tertiary/aromatic N) is 2. The summed E-state index contributed by atoms with van der Waals surface area (Å²) in [5.74, 6) is 0.907. The maximum absolute atomic E-state index is 13.3. The molecule has 2 amide bonds. The lowest BCUT2D eigenvalue weighted by Crippen LogP contribution is -2.49. The Morgan fingerprint density at radius 1 is 1.12 bits per heavy atom. The monoisotopic (exact) mass is 434 g/mol. The number of fused-ring (bicyclic) bond motifs is 1. The van der Waals surface area contributed by atoms with Gasteiger partial charge in [0, 0.05) is 48.3 Å². The summed E-state index contributed by atoms with van der Waals surface area (Å²) in [6.07, 6.45) is 4.48. The molecule has 4 rings (SSSR count). The van der Waals surface area contributed by atoms with Crippen LogP contribution in [0.15, 0.2) is 59.2 Å². The van der Waals surface area contributed by atoms with Crippen molar-refractivity contribution in [2.24, 2.45) is 0 Å². The standard InChI is InChI=1S/C26H30N2O4/c1-3-13-28(21-11-14-27(15-12-21)26(30)19-7-5-4-6-8-19)25(29)16-20-18-32-24-17-22(31-2)9-10-23(20)24/h4-10,17-18,21H,3,11-16H2,1-2H3. The van der Waals surface area contributed by atoms with Crippen molar-refractivity contribution >= 4 is 22.8 Å². The van der Waals surface area contributed by atoms with Gasteiger partial charge in [-0.1, -0.05) is 25.1 Å². The van der Waals surface area contributed by atoms with Crippen LogP contribution >= 0.6 is 0 Å². The van der Waals surface area contributed by atoms with Crippen LogP contribution in [0.4, 0.5) is 0 Å². The molecule has 0 bridgehead atoms. The molecule has 1 saturated heterocycles. The second-order valence-electron chi connectivity index (χ2n) is 8.28. The van der Waals surface area contributed by atoms with E-state index < -0.39 is 0 Å². The molecule has 0 atom stereocenters. The van der Waals surface area contributed by atoms with Gasteiger partial charge >= 0.3 is 0 Å². The van der Waals surface area contributed by atoms with Crippen molar-refractivity contribution in [1.29, 1.82) is 0 Å². The van der Waals surface area contributed by atoms with Crippen LogP contribution < -0.4 is 4.74 Å². The fourth-order valence-electron chi connectivity index (χ4n) is 4.49. The number of likely N-dealkylation sites (tertiary alicyclic amines) is 1. The van der Waals surface area contributed by atoms with Crippen LogP contribution in [0.5, 0.6) is 5.75 Å². The van der Waals surface area contributed by atoms with Crippen molar-refractivity contribution in [1.82, 2.24) is 9.80 Å². The third-order valence-electron chi connectivity index (χ3n) is 6.20. The van der Waals surface area contributed by atoms with Crippen molar-refractivity contribution in [3.8, 4) is 5.75 Å². The van der Waals surface area contributed by atoms with Crippen LogP contribution in [0, 0.1) is 0 Å². The number of carbonyl (C=O) groups is 2. The van der Waals surface area contributed by atoms with Gasteiger partial charge < -0.3 is 19.0 Å². The van der Waals surface area contributed by atoms with E-state index in [-0.39, 0.29) is 17.9 Å². The second kappa shape index (κ2) is 9.90. The van der Waals surface area contributed by atoms with E-state index in [1.54, 1.807) is 13.4 Å². The first kappa shape index (κ1) is 21.9. The zero-order chi connectivity index (χ0) is 22.5. The van der Waals surface area contributed by atoms with Crippen molar-refractivity contribution in [2.45, 2.75) is 38.6 Å². The van der Waals surface area contributed by atoms with Gasteiger partial charge in [0.2, 0.25) is 5.91 Å². The first-order valence-corrected chi connectivity index (χ1v) is 11.3. The maximum atomic E-state index is 13.3. The highest BCUT2D eigenvalue weighted by Gasteiger charge is 2.30. The van der Waals surface area contributed by atoms with Crippen LogP contribution in [-0.2, 0) is 11.2 Å². The molecule has 0 aliphatic carbocycles. The third-order valence-corrected chi connectivity index (χ3v) is 6.20. The molecule has 3 aromatic rings. The molecule has 0 N–H and O–H groups in total. The highest BCUT2D eigenvalue weighted by Crippen LogP contribution is 2.27. The van der Waals surface area contributed by atoms with Gasteiger partial charge in [-0.2, -0.15) is 0 Å². The smallest absolute Gasteiger partial charge is 0.253 e. The van der Waals surface area contributed by atoms with Crippen LogP contribution in [0.25, 0.3) is 11.0 Å². The molecule has 0 unspecified atom stereocenters. The summed E-state index contributed by atoms with van der Waals surface area (Å²) in [5.41, 5.74) is 2.34. The Kier molecular flexibility index (Phi) is 6.78. The van der Waals surface area contributed by atoms with E-state index in [4.69, 9.17) is 9.15 Å². The van der Waals surface area contributed by atoms with Crippen LogP contribution in [0.2, 0.25) is 0 Å². The number of rotatable bonds is 7. The molecule has 1 aliphatic heterocycles. The number of piperidine rings is 1. The van der Waals surface area contributed by atoms with Crippen molar-refractivity contribution in [3.05, 3.63) is 65.9 Å². The summed E-state index contributed by atoms with van der Waals surface area (Å²) >= 11 is 0. The van der Waals surface area contributed by atoms with Gasteiger partial charge in [0.25, 0.3) is 5.91 Å². The molecule has 6 nitrogen and oxygen atoms in total. The van der Waals surface area contributed by atoms with Crippen LogP contribution in [0.1, 0.15) is 42.1 Å². The number of ether oxygens (including phenoxy) is 1. The fourth-order valence-corrected chi connectivity index (χ4v) is 4.49. The van der Waals surface area contributed by atoms with E-state index in [0.717, 1.165) is 53.7 Å². The fraction of sp³-hybridized carbons (Fsp3) is 0.385. The Hall–Kier alpha value is -3.28. The molecule has 168 valence electrons. The normalized spacial score (nSPS) is 14.5. The molecule has 1 aliphatic rings. The lowest BCUT2D eigenvalue weighted by Gasteiger charge is -2.38. The first-order chi connectivity index (χ1) is 15.6. The highest BCUT2D eigenvalue weighted by molar-refractivity contribution is 5.94.